The molecule has 90 valence electrons. The first-order chi connectivity index (χ1) is 7.45. The van der Waals surface area contributed by atoms with Crippen LogP contribution in [0.4, 0.5) is 5.82 Å². The van der Waals surface area contributed by atoms with Crippen molar-refractivity contribution in [2.75, 3.05) is 11.9 Å². The van der Waals surface area contributed by atoms with Crippen molar-refractivity contribution >= 4 is 5.82 Å². The first-order valence-electron chi connectivity index (χ1n) is 5.83. The highest BCUT2D eigenvalue weighted by atomic mass is 15.0. The quantitative estimate of drug-likeness (QED) is 0.821. The van der Waals surface area contributed by atoms with Crippen LogP contribution in [0, 0.1) is 12.3 Å². The van der Waals surface area contributed by atoms with Gasteiger partial charge in [-0.1, -0.05) is 26.8 Å². The summed E-state index contributed by atoms with van der Waals surface area (Å²) in [4.78, 5) is 4.36. The van der Waals surface area contributed by atoms with Crippen LogP contribution in [-0.4, -0.2) is 17.6 Å². The topological polar surface area (TPSA) is 50.9 Å². The second kappa shape index (κ2) is 5.30. The van der Waals surface area contributed by atoms with E-state index < -0.39 is 0 Å². The van der Waals surface area contributed by atoms with Crippen LogP contribution in [-0.2, 0) is 0 Å². The summed E-state index contributed by atoms with van der Waals surface area (Å²) in [5, 5.41) is 3.50. The monoisotopic (exact) mass is 221 g/mol. The zero-order valence-electron chi connectivity index (χ0n) is 10.7. The van der Waals surface area contributed by atoms with Gasteiger partial charge in [-0.15, -0.1) is 0 Å². The van der Waals surface area contributed by atoms with Gasteiger partial charge in [-0.05, 0) is 36.9 Å². The van der Waals surface area contributed by atoms with Gasteiger partial charge in [-0.25, -0.2) is 4.98 Å². The van der Waals surface area contributed by atoms with E-state index in [9.17, 15) is 0 Å². The van der Waals surface area contributed by atoms with Crippen molar-refractivity contribution in [1.82, 2.24) is 4.98 Å². The van der Waals surface area contributed by atoms with Crippen molar-refractivity contribution in [3.8, 4) is 0 Å². The molecule has 16 heavy (non-hydrogen) atoms. The minimum Gasteiger partial charge on any atom is -0.367 e. The van der Waals surface area contributed by atoms with Gasteiger partial charge in [0.25, 0.3) is 0 Å². The number of hydrogen-bond donors (Lipinski definition) is 2. The smallest absolute Gasteiger partial charge is 0.129 e. The van der Waals surface area contributed by atoms with Crippen LogP contribution in [0.25, 0.3) is 0 Å². The largest absolute Gasteiger partial charge is 0.367 e. The van der Waals surface area contributed by atoms with Crippen molar-refractivity contribution in [3.63, 3.8) is 0 Å². The number of aromatic nitrogens is 1. The van der Waals surface area contributed by atoms with Crippen molar-refractivity contribution in [2.45, 2.75) is 40.2 Å². The van der Waals surface area contributed by atoms with Crippen LogP contribution in [0.2, 0.25) is 0 Å². The molecule has 3 heteroatoms. The molecule has 1 rings (SSSR count). The summed E-state index contributed by atoms with van der Waals surface area (Å²) in [5.41, 5.74) is 7.02. The number of pyridine rings is 1. The standard InChI is InChI=1S/C13H23N3/c1-10-6-5-9-15-12(10)16-11(7-8-14)13(2,3)4/h5-6,9,11H,7-8,14H2,1-4H3,(H,15,16). The molecular weight excluding hydrogens is 198 g/mol. The van der Waals surface area contributed by atoms with Crippen LogP contribution >= 0.6 is 0 Å². The number of rotatable bonds is 4. The first-order valence-corrected chi connectivity index (χ1v) is 5.83. The predicted molar refractivity (Wildman–Crippen MR) is 69.5 cm³/mol. The predicted octanol–water partition coefficient (Wildman–Crippen LogP) is 2.57. The Labute approximate surface area is 98.5 Å². The minimum absolute atomic E-state index is 0.184. The number of anilines is 1. The highest BCUT2D eigenvalue weighted by molar-refractivity contribution is 5.43. The van der Waals surface area contributed by atoms with Crippen molar-refractivity contribution in [2.24, 2.45) is 11.1 Å². The number of aryl methyl sites for hydroxylation is 1. The number of hydrogen-bond acceptors (Lipinski definition) is 3. The molecule has 0 amide bonds. The zero-order chi connectivity index (χ0) is 12.2. The molecule has 0 bridgehead atoms. The first kappa shape index (κ1) is 13.0. The van der Waals surface area contributed by atoms with Gasteiger partial charge in [0.15, 0.2) is 0 Å². The second-order valence-corrected chi connectivity index (χ2v) is 5.31. The van der Waals surface area contributed by atoms with E-state index in [1.165, 1.54) is 5.56 Å². The fourth-order valence-electron chi connectivity index (χ4n) is 1.69. The van der Waals surface area contributed by atoms with Gasteiger partial charge in [0.2, 0.25) is 0 Å². The summed E-state index contributed by atoms with van der Waals surface area (Å²) in [6, 6.07) is 4.37. The second-order valence-electron chi connectivity index (χ2n) is 5.31. The van der Waals surface area contributed by atoms with Gasteiger partial charge in [0, 0.05) is 12.2 Å². The van der Waals surface area contributed by atoms with E-state index in [2.05, 4.69) is 44.1 Å². The zero-order valence-corrected chi connectivity index (χ0v) is 10.7. The molecule has 0 aliphatic rings. The Morgan fingerprint density at radius 2 is 2.12 bits per heavy atom. The Hall–Kier alpha value is -1.09. The maximum atomic E-state index is 5.66. The number of nitrogens with one attached hydrogen (secondary N) is 1. The van der Waals surface area contributed by atoms with Crippen molar-refractivity contribution in [1.29, 1.82) is 0 Å². The van der Waals surface area contributed by atoms with Gasteiger partial charge >= 0.3 is 0 Å². The van der Waals surface area contributed by atoms with E-state index in [1.807, 2.05) is 12.3 Å². The molecule has 1 heterocycles. The Bertz CT molecular complexity index is 328. The average Bonchev–Trinajstić information content (AvgIpc) is 2.19. The Kier molecular flexibility index (Phi) is 4.30. The normalized spacial score (nSPS) is 13.6. The molecule has 0 radical (unpaired) electrons. The van der Waals surface area contributed by atoms with Crippen molar-refractivity contribution in [3.05, 3.63) is 23.9 Å². The molecule has 0 spiro atoms. The van der Waals surface area contributed by atoms with E-state index in [0.717, 1.165) is 12.2 Å². The summed E-state index contributed by atoms with van der Waals surface area (Å²) < 4.78 is 0. The molecule has 1 aromatic rings. The van der Waals surface area contributed by atoms with Crippen molar-refractivity contribution < 1.29 is 0 Å². The summed E-state index contributed by atoms with van der Waals surface area (Å²) >= 11 is 0. The minimum atomic E-state index is 0.184. The lowest BCUT2D eigenvalue weighted by Gasteiger charge is -2.32. The van der Waals surface area contributed by atoms with Gasteiger partial charge in [-0.3, -0.25) is 0 Å². The van der Waals surface area contributed by atoms with E-state index in [-0.39, 0.29) is 5.41 Å². The maximum Gasteiger partial charge on any atom is 0.129 e. The van der Waals surface area contributed by atoms with Gasteiger partial charge < -0.3 is 11.1 Å². The molecule has 1 aromatic heterocycles. The Morgan fingerprint density at radius 1 is 1.44 bits per heavy atom. The molecule has 1 unspecified atom stereocenters. The molecule has 0 saturated heterocycles. The van der Waals surface area contributed by atoms with E-state index in [4.69, 9.17) is 5.73 Å². The Balaban J connectivity index is 2.80. The fraction of sp³-hybridized carbons (Fsp3) is 0.615. The molecule has 3 nitrogen and oxygen atoms in total. The third kappa shape index (κ3) is 3.49. The highest BCUT2D eigenvalue weighted by Crippen LogP contribution is 2.25. The average molecular weight is 221 g/mol. The lowest BCUT2D eigenvalue weighted by atomic mass is 9.84. The summed E-state index contributed by atoms with van der Waals surface area (Å²) in [6.45, 7) is 9.42. The third-order valence-electron chi connectivity index (χ3n) is 2.82. The third-order valence-corrected chi connectivity index (χ3v) is 2.82. The van der Waals surface area contributed by atoms with Gasteiger partial charge in [-0.2, -0.15) is 0 Å². The van der Waals surface area contributed by atoms with Crippen LogP contribution in [0.3, 0.4) is 0 Å². The van der Waals surface area contributed by atoms with Crippen LogP contribution < -0.4 is 11.1 Å². The van der Waals surface area contributed by atoms with Gasteiger partial charge in [0.05, 0.1) is 0 Å². The summed E-state index contributed by atoms with van der Waals surface area (Å²) in [6.07, 6.45) is 2.77. The van der Waals surface area contributed by atoms with E-state index in [0.29, 0.717) is 12.6 Å². The van der Waals surface area contributed by atoms with Crippen LogP contribution in [0.1, 0.15) is 32.8 Å². The van der Waals surface area contributed by atoms with Crippen LogP contribution in [0.5, 0.6) is 0 Å². The van der Waals surface area contributed by atoms with Crippen LogP contribution in [0.15, 0.2) is 18.3 Å². The maximum absolute atomic E-state index is 5.66. The SMILES string of the molecule is Cc1cccnc1NC(CCN)C(C)(C)C. The molecule has 1 atom stereocenters. The summed E-state index contributed by atoms with van der Waals surface area (Å²) in [5.74, 6) is 0.968. The number of nitrogens with two attached hydrogens (primary N) is 1. The molecule has 3 N–H and O–H groups in total. The lowest BCUT2D eigenvalue weighted by Crippen LogP contribution is -2.36. The molecular formula is C13H23N3. The number of nitrogens with zero attached hydrogens (tertiary/aromatic N) is 1. The molecule has 0 saturated carbocycles. The molecule has 0 aliphatic carbocycles. The highest BCUT2D eigenvalue weighted by Gasteiger charge is 2.24. The lowest BCUT2D eigenvalue weighted by molar-refractivity contribution is 0.328. The molecule has 0 fully saturated rings. The fourth-order valence-corrected chi connectivity index (χ4v) is 1.69. The van der Waals surface area contributed by atoms with Gasteiger partial charge in [0.1, 0.15) is 5.82 Å². The van der Waals surface area contributed by atoms with E-state index >= 15 is 0 Å². The Morgan fingerprint density at radius 3 is 2.62 bits per heavy atom. The van der Waals surface area contributed by atoms with E-state index in [1.54, 1.807) is 0 Å². The molecule has 0 aromatic carbocycles. The summed E-state index contributed by atoms with van der Waals surface area (Å²) in [7, 11) is 0. The molecule has 0 aliphatic heterocycles.